The van der Waals surface area contributed by atoms with Crippen LogP contribution < -0.4 is 5.73 Å². The molecule has 70 valence electrons. The third-order valence-electron chi connectivity index (χ3n) is 1.31. The molecule has 12 heavy (non-hydrogen) atoms. The number of hydrogen-bond acceptors (Lipinski definition) is 3. The number of aliphatic carboxylic acids is 1. The van der Waals surface area contributed by atoms with Crippen LogP contribution in [0.5, 0.6) is 0 Å². The third-order valence-corrected chi connectivity index (χ3v) is 1.31. The predicted molar refractivity (Wildman–Crippen MR) is 37.9 cm³/mol. The summed E-state index contributed by atoms with van der Waals surface area (Å²) >= 11 is 0. The van der Waals surface area contributed by atoms with E-state index in [0.29, 0.717) is 0 Å². The van der Waals surface area contributed by atoms with E-state index in [9.17, 15) is 4.79 Å². The van der Waals surface area contributed by atoms with Crippen LogP contribution in [0.4, 0.5) is 0 Å². The Morgan fingerprint density at radius 3 is 2.92 bits per heavy atom. The van der Waals surface area contributed by atoms with Gasteiger partial charge in [0.05, 0.1) is 6.33 Å². The number of aromatic amines is 1. The maximum absolute atomic E-state index is 10.3. The van der Waals surface area contributed by atoms with Gasteiger partial charge in [0.2, 0.25) is 0 Å². The van der Waals surface area contributed by atoms with Crippen molar-refractivity contribution in [1.29, 1.82) is 0 Å². The molecule has 0 aliphatic rings. The average molecular weight is 219 g/mol. The first-order valence-electron chi connectivity index (χ1n) is 3.16. The molecular weight excluding hydrogens is 210 g/mol. The van der Waals surface area contributed by atoms with Gasteiger partial charge in [-0.2, -0.15) is 0 Å². The Bertz CT molecular complexity index is 237. The van der Waals surface area contributed by atoms with Crippen molar-refractivity contribution in [2.24, 2.45) is 5.73 Å². The molecule has 0 spiro atoms. The van der Waals surface area contributed by atoms with Gasteiger partial charge in [-0.25, -0.2) is 4.98 Å². The first-order chi connectivity index (χ1) is 5.20. The van der Waals surface area contributed by atoms with Crippen molar-refractivity contribution < 1.29 is 27.0 Å². The average Bonchev–Trinajstić information content (AvgIpc) is 2.39. The van der Waals surface area contributed by atoms with Gasteiger partial charge in [-0.1, -0.05) is 0 Å². The summed E-state index contributed by atoms with van der Waals surface area (Å²) in [6, 6.07) is -0.851. The van der Waals surface area contributed by atoms with Crippen molar-refractivity contribution in [3.63, 3.8) is 0 Å². The number of aromatic nitrogens is 2. The van der Waals surface area contributed by atoms with E-state index in [4.69, 9.17) is 10.8 Å². The molecule has 1 unspecified atom stereocenters. The van der Waals surface area contributed by atoms with Gasteiger partial charge in [0.1, 0.15) is 6.04 Å². The van der Waals surface area contributed by atoms with E-state index in [2.05, 4.69) is 9.97 Å². The molecule has 1 rings (SSSR count). The number of nitrogens with one attached hydrogen (secondary N) is 1. The summed E-state index contributed by atoms with van der Waals surface area (Å²) in [5.41, 5.74) is 6.00. The van der Waals surface area contributed by atoms with Crippen LogP contribution in [0, 0.1) is 0 Å². The van der Waals surface area contributed by atoms with Crippen molar-refractivity contribution in [1.82, 2.24) is 9.97 Å². The SMILES string of the molecule is NC(Cc1cnc[nH]1)C(=O)O.[Cu+]. The van der Waals surface area contributed by atoms with E-state index in [-0.39, 0.29) is 23.5 Å². The largest absolute Gasteiger partial charge is 1.00 e. The van der Waals surface area contributed by atoms with Gasteiger partial charge in [-0.05, 0) is 0 Å². The Hall–Kier alpha value is -0.841. The van der Waals surface area contributed by atoms with E-state index in [0.717, 1.165) is 5.69 Å². The minimum absolute atomic E-state index is 0. The van der Waals surface area contributed by atoms with Crippen molar-refractivity contribution in [2.45, 2.75) is 12.5 Å². The quantitative estimate of drug-likeness (QED) is 0.589. The zero-order chi connectivity index (χ0) is 8.27. The smallest absolute Gasteiger partial charge is 0.480 e. The molecule has 0 saturated heterocycles. The monoisotopic (exact) mass is 218 g/mol. The molecule has 1 aromatic rings. The molecule has 6 heteroatoms. The van der Waals surface area contributed by atoms with Gasteiger partial charge in [0.25, 0.3) is 0 Å². The number of nitrogens with zero attached hydrogens (tertiary/aromatic N) is 1. The normalized spacial score (nSPS) is 11.8. The first kappa shape index (κ1) is 11.2. The fraction of sp³-hybridized carbons (Fsp3) is 0.333. The molecule has 0 aromatic carbocycles. The van der Waals surface area contributed by atoms with Gasteiger partial charge < -0.3 is 15.8 Å². The van der Waals surface area contributed by atoms with Crippen LogP contribution in [0.1, 0.15) is 5.69 Å². The second-order valence-corrected chi connectivity index (χ2v) is 2.23. The van der Waals surface area contributed by atoms with Gasteiger partial charge in [-0.3, -0.25) is 4.79 Å². The van der Waals surface area contributed by atoms with E-state index in [1.54, 1.807) is 6.20 Å². The van der Waals surface area contributed by atoms with Crippen molar-refractivity contribution in [3.05, 3.63) is 18.2 Å². The Kier molecular flexibility index (Phi) is 4.58. The maximum atomic E-state index is 10.3. The van der Waals surface area contributed by atoms with Crippen molar-refractivity contribution >= 4 is 5.97 Å². The topological polar surface area (TPSA) is 92.0 Å². The molecular formula is C6H9CuN3O2+. The molecule has 1 aromatic heterocycles. The molecule has 4 N–H and O–H groups in total. The van der Waals surface area contributed by atoms with Crippen molar-refractivity contribution in [2.75, 3.05) is 0 Å². The summed E-state index contributed by atoms with van der Waals surface area (Å²) in [7, 11) is 0. The van der Waals surface area contributed by atoms with E-state index >= 15 is 0 Å². The summed E-state index contributed by atoms with van der Waals surface area (Å²) in [6.07, 6.45) is 3.34. The third kappa shape index (κ3) is 3.04. The summed E-state index contributed by atoms with van der Waals surface area (Å²) in [4.78, 5) is 16.8. The molecule has 0 bridgehead atoms. The van der Waals surface area contributed by atoms with Gasteiger partial charge in [0.15, 0.2) is 0 Å². The van der Waals surface area contributed by atoms with Crippen LogP contribution in [0.2, 0.25) is 0 Å². The van der Waals surface area contributed by atoms with Crippen molar-refractivity contribution in [3.8, 4) is 0 Å². The van der Waals surface area contributed by atoms with Gasteiger partial charge in [-0.15, -0.1) is 0 Å². The minimum Gasteiger partial charge on any atom is -0.480 e. The van der Waals surface area contributed by atoms with Gasteiger partial charge >= 0.3 is 23.0 Å². The van der Waals surface area contributed by atoms with Crippen LogP contribution in [-0.2, 0) is 28.3 Å². The van der Waals surface area contributed by atoms with E-state index < -0.39 is 12.0 Å². The second kappa shape index (κ2) is 4.92. The fourth-order valence-electron chi connectivity index (χ4n) is 0.721. The molecule has 5 nitrogen and oxygen atoms in total. The number of imidazole rings is 1. The number of H-pyrrole nitrogens is 1. The fourth-order valence-corrected chi connectivity index (χ4v) is 0.721. The number of carbonyl (C=O) groups is 1. The first-order valence-corrected chi connectivity index (χ1v) is 3.16. The number of rotatable bonds is 3. The zero-order valence-electron chi connectivity index (χ0n) is 6.12. The Labute approximate surface area is 79.8 Å². The maximum Gasteiger partial charge on any atom is 1.00 e. The molecule has 0 fully saturated rings. The summed E-state index contributed by atoms with van der Waals surface area (Å²) in [5, 5.41) is 8.42. The Balaban J connectivity index is 0.00000121. The number of hydrogen-bond donors (Lipinski definition) is 3. The number of carboxylic acids is 1. The predicted octanol–water partition coefficient (Wildman–Crippen LogP) is -0.638. The molecule has 0 radical (unpaired) electrons. The molecule has 1 atom stereocenters. The molecule has 0 aliphatic carbocycles. The second-order valence-electron chi connectivity index (χ2n) is 2.23. The summed E-state index contributed by atoms with van der Waals surface area (Å²) in [6.45, 7) is 0. The van der Waals surface area contributed by atoms with E-state index in [1.807, 2.05) is 0 Å². The summed E-state index contributed by atoms with van der Waals surface area (Å²) < 4.78 is 0. The van der Waals surface area contributed by atoms with Crippen LogP contribution in [-0.4, -0.2) is 27.1 Å². The van der Waals surface area contributed by atoms with Crippen LogP contribution in [0.3, 0.4) is 0 Å². The van der Waals surface area contributed by atoms with Crippen LogP contribution in [0.15, 0.2) is 12.5 Å². The Morgan fingerprint density at radius 1 is 1.83 bits per heavy atom. The minimum atomic E-state index is -1.00. The van der Waals surface area contributed by atoms with Crippen LogP contribution in [0.25, 0.3) is 0 Å². The van der Waals surface area contributed by atoms with E-state index in [1.165, 1.54) is 6.33 Å². The molecule has 1 heterocycles. The Morgan fingerprint density at radius 2 is 2.50 bits per heavy atom. The standard InChI is InChI=1S/C6H9N3O2.Cu/c7-5(6(10)11)1-4-2-8-3-9-4;/h2-3,5H,1,7H2,(H,8,9)(H,10,11);/q;+1. The summed E-state index contributed by atoms with van der Waals surface area (Å²) in [5.74, 6) is -1.00. The van der Waals surface area contributed by atoms with Gasteiger partial charge in [0, 0.05) is 18.3 Å². The zero-order valence-corrected chi connectivity index (χ0v) is 7.06. The molecule has 0 saturated carbocycles. The number of carboxylic acid groups (broad SMARTS) is 1. The molecule has 0 aliphatic heterocycles. The van der Waals surface area contributed by atoms with Crippen LogP contribution >= 0.6 is 0 Å². The number of nitrogens with two attached hydrogens (primary N) is 1. The molecule has 0 amide bonds.